The summed E-state index contributed by atoms with van der Waals surface area (Å²) in [4.78, 5) is 24.0. The largest absolute Gasteiger partial charge is 0.349 e. The zero-order chi connectivity index (χ0) is 15.5. The van der Waals surface area contributed by atoms with Crippen molar-refractivity contribution in [3.8, 4) is 0 Å². The molecule has 0 saturated carbocycles. The summed E-state index contributed by atoms with van der Waals surface area (Å²) in [5.74, 6) is -0.132. The summed E-state index contributed by atoms with van der Waals surface area (Å²) in [5.41, 5.74) is 2.81. The van der Waals surface area contributed by atoms with E-state index in [4.69, 9.17) is 0 Å². The molecule has 2 aromatic rings. The molecule has 6 nitrogen and oxygen atoms in total. The van der Waals surface area contributed by atoms with Gasteiger partial charge in [0, 0.05) is 24.3 Å². The molecule has 0 aromatic carbocycles. The molecule has 114 valence electrons. The van der Waals surface area contributed by atoms with E-state index in [9.17, 15) is 9.59 Å². The average Bonchev–Trinajstić information content (AvgIpc) is 2.55. The van der Waals surface area contributed by atoms with Crippen molar-refractivity contribution in [2.24, 2.45) is 0 Å². The molecule has 1 amide bonds. The van der Waals surface area contributed by atoms with Gasteiger partial charge in [-0.1, -0.05) is 6.07 Å². The van der Waals surface area contributed by atoms with Crippen molar-refractivity contribution in [1.82, 2.24) is 20.1 Å². The van der Waals surface area contributed by atoms with Crippen LogP contribution in [0.2, 0.25) is 0 Å². The Morgan fingerprint density at radius 1 is 1.36 bits per heavy atom. The van der Waals surface area contributed by atoms with E-state index in [0.29, 0.717) is 12.1 Å². The predicted molar refractivity (Wildman–Crippen MR) is 81.7 cm³/mol. The van der Waals surface area contributed by atoms with Gasteiger partial charge in [-0.05, 0) is 37.8 Å². The lowest BCUT2D eigenvalue weighted by Gasteiger charge is -2.27. The summed E-state index contributed by atoms with van der Waals surface area (Å²) in [7, 11) is 0. The second-order valence-corrected chi connectivity index (χ2v) is 5.43. The summed E-state index contributed by atoms with van der Waals surface area (Å²) < 4.78 is 1.82. The Hall–Kier alpha value is -2.50. The predicted octanol–water partition coefficient (Wildman–Crippen LogP) is 0.945. The highest BCUT2D eigenvalue weighted by atomic mass is 16.1. The number of aromatic nitrogens is 3. The van der Waals surface area contributed by atoms with Crippen LogP contribution in [0, 0.1) is 0 Å². The van der Waals surface area contributed by atoms with E-state index < -0.39 is 0 Å². The van der Waals surface area contributed by atoms with Gasteiger partial charge in [0.1, 0.15) is 0 Å². The molecule has 2 aromatic heterocycles. The Labute approximate surface area is 128 Å². The quantitative estimate of drug-likeness (QED) is 0.915. The molecule has 0 fully saturated rings. The van der Waals surface area contributed by atoms with Crippen molar-refractivity contribution in [3.05, 3.63) is 57.8 Å². The maximum atomic E-state index is 12.2. The second-order valence-electron chi connectivity index (χ2n) is 5.43. The van der Waals surface area contributed by atoms with Crippen LogP contribution >= 0.6 is 0 Å². The zero-order valence-electron chi connectivity index (χ0n) is 12.5. The molecule has 0 bridgehead atoms. The van der Waals surface area contributed by atoms with Gasteiger partial charge < -0.3 is 9.88 Å². The number of amides is 1. The molecule has 0 spiro atoms. The molecule has 0 saturated heterocycles. The van der Waals surface area contributed by atoms with E-state index in [2.05, 4.69) is 15.5 Å². The van der Waals surface area contributed by atoms with E-state index in [1.165, 1.54) is 12.4 Å². The summed E-state index contributed by atoms with van der Waals surface area (Å²) in [6, 6.07) is 5.22. The zero-order valence-corrected chi connectivity index (χ0v) is 12.5. The Morgan fingerprint density at radius 3 is 2.95 bits per heavy atom. The minimum atomic E-state index is -0.132. The fraction of sp³-hybridized carbons (Fsp3) is 0.375. The highest BCUT2D eigenvalue weighted by molar-refractivity contribution is 5.93. The van der Waals surface area contributed by atoms with E-state index >= 15 is 0 Å². The molecule has 6 heteroatoms. The number of carbonyl (C=O) groups is 1. The number of nitrogens with one attached hydrogen (secondary N) is 1. The van der Waals surface area contributed by atoms with Crippen LogP contribution in [0.3, 0.4) is 0 Å². The van der Waals surface area contributed by atoms with Gasteiger partial charge in [0.25, 0.3) is 11.5 Å². The third-order valence-electron chi connectivity index (χ3n) is 4.08. The monoisotopic (exact) mass is 298 g/mol. The number of nitrogens with zero attached hydrogens (tertiary/aromatic N) is 3. The van der Waals surface area contributed by atoms with Crippen LogP contribution < -0.4 is 10.9 Å². The molecule has 3 rings (SSSR count). The molecule has 0 radical (unpaired) electrons. The molecule has 2 heterocycles. The molecule has 1 aliphatic carbocycles. The maximum Gasteiger partial charge on any atom is 0.253 e. The standard InChI is InChI=1S/C16H18N4O2/c1-2-20-14-5-4-13(9-11(14)3-6-15(20)21)19-16(22)12-7-8-17-18-10-12/h3,6-8,10,13H,2,4-5,9H2,1H3,(H,19,22). The number of rotatable bonds is 3. The molecule has 1 N–H and O–H groups in total. The minimum Gasteiger partial charge on any atom is -0.349 e. The van der Waals surface area contributed by atoms with Gasteiger partial charge in [0.2, 0.25) is 0 Å². The lowest BCUT2D eigenvalue weighted by molar-refractivity contribution is 0.0932. The van der Waals surface area contributed by atoms with Crippen LogP contribution in [-0.4, -0.2) is 26.7 Å². The van der Waals surface area contributed by atoms with Crippen LogP contribution in [-0.2, 0) is 19.4 Å². The van der Waals surface area contributed by atoms with Gasteiger partial charge in [0.05, 0.1) is 18.0 Å². The lowest BCUT2D eigenvalue weighted by atomic mass is 9.91. The first-order chi connectivity index (χ1) is 10.7. The number of pyridine rings is 1. The van der Waals surface area contributed by atoms with Gasteiger partial charge in [-0.3, -0.25) is 9.59 Å². The number of carbonyl (C=O) groups excluding carboxylic acids is 1. The first-order valence-corrected chi connectivity index (χ1v) is 7.48. The number of hydrogen-bond donors (Lipinski definition) is 1. The molecule has 22 heavy (non-hydrogen) atoms. The van der Waals surface area contributed by atoms with Crippen molar-refractivity contribution in [2.45, 2.75) is 38.8 Å². The average molecular weight is 298 g/mol. The Balaban J connectivity index is 1.75. The van der Waals surface area contributed by atoms with Crippen molar-refractivity contribution in [3.63, 3.8) is 0 Å². The fourth-order valence-electron chi connectivity index (χ4n) is 2.99. The normalized spacial score (nSPS) is 16.9. The van der Waals surface area contributed by atoms with Gasteiger partial charge in [0.15, 0.2) is 0 Å². The van der Waals surface area contributed by atoms with Gasteiger partial charge >= 0.3 is 0 Å². The van der Waals surface area contributed by atoms with Crippen molar-refractivity contribution in [2.75, 3.05) is 0 Å². The van der Waals surface area contributed by atoms with Crippen LogP contribution in [0.25, 0.3) is 0 Å². The van der Waals surface area contributed by atoms with Gasteiger partial charge in [-0.15, -0.1) is 0 Å². The van der Waals surface area contributed by atoms with Crippen LogP contribution in [0.15, 0.2) is 35.4 Å². The smallest absolute Gasteiger partial charge is 0.253 e. The van der Waals surface area contributed by atoms with E-state index in [0.717, 1.165) is 30.5 Å². The summed E-state index contributed by atoms with van der Waals surface area (Å²) in [5, 5.41) is 10.4. The lowest BCUT2D eigenvalue weighted by Crippen LogP contribution is -2.40. The van der Waals surface area contributed by atoms with Crippen molar-refractivity contribution in [1.29, 1.82) is 0 Å². The highest BCUT2D eigenvalue weighted by Gasteiger charge is 2.22. The molecule has 0 aliphatic heterocycles. The van der Waals surface area contributed by atoms with Crippen molar-refractivity contribution >= 4 is 5.91 Å². The molecule has 1 atom stereocenters. The van der Waals surface area contributed by atoms with Gasteiger partial charge in [-0.25, -0.2) is 0 Å². The third-order valence-corrected chi connectivity index (χ3v) is 4.08. The Morgan fingerprint density at radius 2 is 2.23 bits per heavy atom. The summed E-state index contributed by atoms with van der Waals surface area (Å²) in [6.07, 6.45) is 5.35. The van der Waals surface area contributed by atoms with Gasteiger partial charge in [-0.2, -0.15) is 10.2 Å². The SMILES string of the molecule is CCn1c2c(ccc1=O)CC(NC(=O)c1ccnnc1)CC2. The Kier molecular flexibility index (Phi) is 4.00. The number of fused-ring (bicyclic) bond motifs is 1. The molecular weight excluding hydrogens is 280 g/mol. The van der Waals surface area contributed by atoms with E-state index in [-0.39, 0.29) is 17.5 Å². The number of hydrogen-bond acceptors (Lipinski definition) is 4. The Bertz CT molecular complexity index is 740. The molecule has 1 aliphatic rings. The van der Waals surface area contributed by atoms with Crippen LogP contribution in [0.5, 0.6) is 0 Å². The highest BCUT2D eigenvalue weighted by Crippen LogP contribution is 2.20. The third kappa shape index (κ3) is 2.77. The first-order valence-electron chi connectivity index (χ1n) is 7.48. The molecule has 1 unspecified atom stereocenters. The fourth-order valence-corrected chi connectivity index (χ4v) is 2.99. The van der Waals surface area contributed by atoms with Crippen molar-refractivity contribution < 1.29 is 4.79 Å². The van der Waals surface area contributed by atoms with E-state index in [1.54, 1.807) is 12.1 Å². The first kappa shape index (κ1) is 14.4. The summed E-state index contributed by atoms with van der Waals surface area (Å²) >= 11 is 0. The topological polar surface area (TPSA) is 76.9 Å². The summed E-state index contributed by atoms with van der Waals surface area (Å²) in [6.45, 7) is 2.66. The van der Waals surface area contributed by atoms with Crippen LogP contribution in [0.4, 0.5) is 0 Å². The maximum absolute atomic E-state index is 12.2. The molecular formula is C16H18N4O2. The minimum absolute atomic E-state index is 0.0478. The van der Waals surface area contributed by atoms with Crippen LogP contribution in [0.1, 0.15) is 35.0 Å². The van der Waals surface area contributed by atoms with E-state index in [1.807, 2.05) is 17.6 Å². The second kappa shape index (κ2) is 6.09.